The van der Waals surface area contributed by atoms with E-state index in [1.165, 1.54) is 6.07 Å². The molecule has 1 unspecified atom stereocenters. The van der Waals surface area contributed by atoms with Crippen molar-refractivity contribution in [1.82, 2.24) is 4.90 Å². The summed E-state index contributed by atoms with van der Waals surface area (Å²) in [5.74, 6) is -0.344. The summed E-state index contributed by atoms with van der Waals surface area (Å²) in [6.45, 7) is 1.32. The van der Waals surface area contributed by atoms with Gasteiger partial charge in [-0.15, -0.1) is 0 Å². The number of likely N-dealkylation sites (tertiary alicyclic amines) is 1. The number of piperidine rings is 1. The summed E-state index contributed by atoms with van der Waals surface area (Å²) in [5.41, 5.74) is 0.559. The number of amides is 1. The number of carbonyl (C=O) groups excluding carboxylic acids is 1. The zero-order valence-electron chi connectivity index (χ0n) is 12.0. The van der Waals surface area contributed by atoms with E-state index in [1.54, 1.807) is 36.3 Å². The van der Waals surface area contributed by atoms with Gasteiger partial charge < -0.3 is 9.64 Å². The Bertz CT molecular complexity index is 671. The second-order valence-electron chi connectivity index (χ2n) is 5.39. The van der Waals surface area contributed by atoms with E-state index < -0.39 is 0 Å². The van der Waals surface area contributed by atoms with Crippen LogP contribution in [0.5, 0.6) is 0 Å². The van der Waals surface area contributed by atoms with E-state index in [4.69, 9.17) is 4.74 Å². The molecule has 1 amide bonds. The molecule has 110 valence electrons. The van der Waals surface area contributed by atoms with E-state index in [-0.39, 0.29) is 17.8 Å². The van der Waals surface area contributed by atoms with Gasteiger partial charge in [0.25, 0.3) is 5.91 Å². The SMILES string of the molecule is COC1CCCN(C(=O)c2ccc(F)c3ccccc23)C1. The Morgan fingerprint density at radius 3 is 2.76 bits per heavy atom. The van der Waals surface area contributed by atoms with Gasteiger partial charge in [-0.1, -0.05) is 24.3 Å². The molecule has 1 saturated heterocycles. The van der Waals surface area contributed by atoms with E-state index in [2.05, 4.69) is 0 Å². The molecule has 4 heteroatoms. The molecule has 1 heterocycles. The molecule has 2 aromatic rings. The van der Waals surface area contributed by atoms with Crippen molar-refractivity contribution in [2.45, 2.75) is 18.9 Å². The summed E-state index contributed by atoms with van der Waals surface area (Å²) in [5, 5.41) is 1.16. The van der Waals surface area contributed by atoms with Crippen LogP contribution in [-0.2, 0) is 4.74 Å². The predicted octanol–water partition coefficient (Wildman–Crippen LogP) is 3.23. The van der Waals surface area contributed by atoms with Gasteiger partial charge in [0.05, 0.1) is 6.10 Å². The van der Waals surface area contributed by atoms with Crippen molar-refractivity contribution < 1.29 is 13.9 Å². The molecule has 2 aromatic carbocycles. The number of rotatable bonds is 2. The van der Waals surface area contributed by atoms with Crippen LogP contribution >= 0.6 is 0 Å². The van der Waals surface area contributed by atoms with E-state index in [0.717, 1.165) is 19.4 Å². The number of methoxy groups -OCH3 is 1. The topological polar surface area (TPSA) is 29.5 Å². The minimum Gasteiger partial charge on any atom is -0.380 e. The van der Waals surface area contributed by atoms with Crippen LogP contribution in [0.15, 0.2) is 36.4 Å². The van der Waals surface area contributed by atoms with Crippen LogP contribution in [0.3, 0.4) is 0 Å². The smallest absolute Gasteiger partial charge is 0.254 e. The minimum atomic E-state index is -0.296. The van der Waals surface area contributed by atoms with Crippen LogP contribution in [-0.4, -0.2) is 37.1 Å². The fourth-order valence-electron chi connectivity index (χ4n) is 2.93. The van der Waals surface area contributed by atoms with Crippen LogP contribution in [0.2, 0.25) is 0 Å². The van der Waals surface area contributed by atoms with E-state index >= 15 is 0 Å². The Kier molecular flexibility index (Phi) is 3.88. The average molecular weight is 287 g/mol. The third-order valence-electron chi connectivity index (χ3n) is 4.10. The number of benzene rings is 2. The summed E-state index contributed by atoms with van der Waals surface area (Å²) in [6.07, 6.45) is 2.00. The van der Waals surface area contributed by atoms with Crippen molar-refractivity contribution in [2.75, 3.05) is 20.2 Å². The maximum Gasteiger partial charge on any atom is 0.254 e. The first-order chi connectivity index (χ1) is 10.2. The van der Waals surface area contributed by atoms with Crippen molar-refractivity contribution in [2.24, 2.45) is 0 Å². The number of hydrogen-bond acceptors (Lipinski definition) is 2. The zero-order valence-corrected chi connectivity index (χ0v) is 12.0. The highest BCUT2D eigenvalue weighted by atomic mass is 19.1. The molecule has 0 spiro atoms. The van der Waals surface area contributed by atoms with Crippen LogP contribution in [0.4, 0.5) is 4.39 Å². The molecule has 1 atom stereocenters. The van der Waals surface area contributed by atoms with Crippen molar-refractivity contribution in [3.8, 4) is 0 Å². The van der Waals surface area contributed by atoms with Gasteiger partial charge in [0.15, 0.2) is 0 Å². The lowest BCUT2D eigenvalue weighted by Crippen LogP contribution is -2.42. The Balaban J connectivity index is 1.96. The Morgan fingerprint density at radius 1 is 1.24 bits per heavy atom. The van der Waals surface area contributed by atoms with Gasteiger partial charge >= 0.3 is 0 Å². The highest BCUT2D eigenvalue weighted by molar-refractivity contribution is 6.07. The van der Waals surface area contributed by atoms with Crippen LogP contribution in [0.1, 0.15) is 23.2 Å². The van der Waals surface area contributed by atoms with Gasteiger partial charge in [0.1, 0.15) is 5.82 Å². The molecule has 0 aromatic heterocycles. The molecule has 3 nitrogen and oxygen atoms in total. The Morgan fingerprint density at radius 2 is 2.00 bits per heavy atom. The van der Waals surface area contributed by atoms with Gasteiger partial charge in [-0.2, -0.15) is 0 Å². The number of fused-ring (bicyclic) bond motifs is 1. The average Bonchev–Trinajstić information content (AvgIpc) is 2.55. The molecule has 21 heavy (non-hydrogen) atoms. The maximum atomic E-state index is 13.8. The minimum absolute atomic E-state index is 0.0482. The molecule has 1 aliphatic rings. The van der Waals surface area contributed by atoms with Crippen molar-refractivity contribution in [3.05, 3.63) is 47.8 Å². The lowest BCUT2D eigenvalue weighted by Gasteiger charge is -2.32. The Labute approximate surface area is 123 Å². The van der Waals surface area contributed by atoms with Gasteiger partial charge in [0.2, 0.25) is 0 Å². The maximum absolute atomic E-state index is 13.8. The van der Waals surface area contributed by atoms with E-state index in [1.807, 2.05) is 6.07 Å². The van der Waals surface area contributed by atoms with Gasteiger partial charge in [-0.25, -0.2) is 4.39 Å². The third-order valence-corrected chi connectivity index (χ3v) is 4.10. The molecular formula is C17H18FNO2. The fraction of sp³-hybridized carbons (Fsp3) is 0.353. The number of ether oxygens (including phenoxy) is 1. The molecule has 0 bridgehead atoms. The summed E-state index contributed by atoms with van der Waals surface area (Å²) >= 11 is 0. The van der Waals surface area contributed by atoms with Crippen LogP contribution < -0.4 is 0 Å². The summed E-state index contributed by atoms with van der Waals surface area (Å²) in [6, 6.07) is 10.1. The molecular weight excluding hydrogens is 269 g/mol. The summed E-state index contributed by atoms with van der Waals surface area (Å²) in [4.78, 5) is 14.5. The Hall–Kier alpha value is -1.94. The molecule has 0 N–H and O–H groups in total. The summed E-state index contributed by atoms with van der Waals surface area (Å²) in [7, 11) is 1.67. The first-order valence-electron chi connectivity index (χ1n) is 7.20. The molecule has 0 radical (unpaired) electrons. The monoisotopic (exact) mass is 287 g/mol. The van der Waals surface area contributed by atoms with Crippen LogP contribution in [0, 0.1) is 5.82 Å². The highest BCUT2D eigenvalue weighted by Crippen LogP contribution is 2.24. The number of hydrogen-bond donors (Lipinski definition) is 0. The van der Waals surface area contributed by atoms with Crippen molar-refractivity contribution in [3.63, 3.8) is 0 Å². The fourth-order valence-corrected chi connectivity index (χ4v) is 2.93. The van der Waals surface area contributed by atoms with Gasteiger partial charge in [-0.3, -0.25) is 4.79 Å². The summed E-state index contributed by atoms with van der Waals surface area (Å²) < 4.78 is 19.2. The number of nitrogens with zero attached hydrogens (tertiary/aromatic N) is 1. The largest absolute Gasteiger partial charge is 0.380 e. The lowest BCUT2D eigenvalue weighted by atomic mass is 10.0. The van der Waals surface area contributed by atoms with E-state index in [9.17, 15) is 9.18 Å². The first-order valence-corrected chi connectivity index (χ1v) is 7.20. The third kappa shape index (κ3) is 2.63. The quantitative estimate of drug-likeness (QED) is 0.848. The molecule has 1 fully saturated rings. The van der Waals surface area contributed by atoms with Crippen molar-refractivity contribution in [1.29, 1.82) is 0 Å². The van der Waals surface area contributed by atoms with Crippen molar-refractivity contribution >= 4 is 16.7 Å². The molecule has 0 saturated carbocycles. The lowest BCUT2D eigenvalue weighted by molar-refractivity contribution is 0.0270. The second kappa shape index (κ2) is 5.82. The second-order valence-corrected chi connectivity index (χ2v) is 5.39. The normalized spacial score (nSPS) is 19.0. The predicted molar refractivity (Wildman–Crippen MR) is 79.8 cm³/mol. The number of halogens is 1. The molecule has 1 aliphatic heterocycles. The molecule has 3 rings (SSSR count). The standard InChI is InChI=1S/C17H18FNO2/c1-21-12-5-4-10-19(11-12)17(20)15-8-9-16(18)14-7-3-2-6-13(14)15/h2-3,6-9,12H,4-5,10-11H2,1H3. The highest BCUT2D eigenvalue weighted by Gasteiger charge is 2.25. The molecule has 0 aliphatic carbocycles. The number of carbonyl (C=O) groups is 1. The van der Waals surface area contributed by atoms with Gasteiger partial charge in [-0.05, 0) is 30.4 Å². The zero-order chi connectivity index (χ0) is 14.8. The van der Waals surface area contributed by atoms with Crippen LogP contribution in [0.25, 0.3) is 10.8 Å². The van der Waals surface area contributed by atoms with E-state index in [0.29, 0.717) is 22.9 Å². The van der Waals surface area contributed by atoms with Gasteiger partial charge in [0, 0.05) is 31.1 Å². The first kappa shape index (κ1) is 14.0.